The number of hydrogen-bond acceptors (Lipinski definition) is 4. The Hall–Kier alpha value is -3.08. The van der Waals surface area contributed by atoms with Crippen molar-refractivity contribution in [1.82, 2.24) is 4.90 Å². The van der Waals surface area contributed by atoms with Gasteiger partial charge in [-0.05, 0) is 58.1 Å². The fourth-order valence-electron chi connectivity index (χ4n) is 3.39. The van der Waals surface area contributed by atoms with Crippen LogP contribution in [-0.4, -0.2) is 36.2 Å². The first-order valence-corrected chi connectivity index (χ1v) is 11.1. The van der Waals surface area contributed by atoms with Crippen LogP contribution in [0.2, 0.25) is 0 Å². The Balaban J connectivity index is 2.04. The van der Waals surface area contributed by atoms with Crippen molar-refractivity contribution < 1.29 is 19.1 Å². The molecular formula is C27H35NO4. The van der Waals surface area contributed by atoms with Crippen LogP contribution < -0.4 is 0 Å². The lowest BCUT2D eigenvalue weighted by molar-refractivity contribution is -0.133. The third-order valence-electron chi connectivity index (χ3n) is 5.07. The van der Waals surface area contributed by atoms with E-state index in [1.165, 1.54) is 7.11 Å². The average molecular weight is 438 g/mol. The maximum atomic E-state index is 12.9. The Morgan fingerprint density at radius 3 is 2.12 bits per heavy atom. The summed E-state index contributed by atoms with van der Waals surface area (Å²) in [4.78, 5) is 26.9. The monoisotopic (exact) mass is 437 g/mol. The van der Waals surface area contributed by atoms with Crippen LogP contribution in [-0.2, 0) is 14.3 Å². The molecule has 0 radical (unpaired) electrons. The number of unbranched alkanes of at least 4 members (excludes halogenated alkanes) is 2. The van der Waals surface area contributed by atoms with Crippen molar-refractivity contribution in [3.63, 3.8) is 0 Å². The number of hydrogen-bond donors (Lipinski definition) is 0. The van der Waals surface area contributed by atoms with Gasteiger partial charge < -0.3 is 14.4 Å². The lowest BCUT2D eigenvalue weighted by Gasteiger charge is -2.32. The summed E-state index contributed by atoms with van der Waals surface area (Å²) < 4.78 is 10.6. The smallest absolute Gasteiger partial charge is 0.410 e. The number of benzene rings is 2. The predicted molar refractivity (Wildman–Crippen MR) is 128 cm³/mol. The van der Waals surface area contributed by atoms with Crippen molar-refractivity contribution in [2.24, 2.45) is 0 Å². The number of nitrogens with zero attached hydrogens (tertiary/aromatic N) is 1. The van der Waals surface area contributed by atoms with Gasteiger partial charge in [-0.15, -0.1) is 0 Å². The second-order valence-electron chi connectivity index (χ2n) is 8.73. The molecule has 1 atom stereocenters. The van der Waals surface area contributed by atoms with Gasteiger partial charge in [0.2, 0.25) is 0 Å². The van der Waals surface area contributed by atoms with Crippen molar-refractivity contribution in [2.75, 3.05) is 13.7 Å². The zero-order chi connectivity index (χ0) is 23.6. The fourth-order valence-corrected chi connectivity index (χ4v) is 3.39. The lowest BCUT2D eigenvalue weighted by atomic mass is 10.0. The molecule has 0 bridgehead atoms. The highest BCUT2D eigenvalue weighted by atomic mass is 16.6. The quantitative estimate of drug-likeness (QED) is 0.258. The molecule has 2 aromatic rings. The summed E-state index contributed by atoms with van der Waals surface area (Å²) >= 11 is 0. The summed E-state index contributed by atoms with van der Waals surface area (Å²) in [6, 6.07) is 19.4. The summed E-state index contributed by atoms with van der Waals surface area (Å²) in [6.07, 6.45) is 3.93. The number of carbonyl (C=O) groups is 2. The van der Waals surface area contributed by atoms with Gasteiger partial charge in [0, 0.05) is 6.54 Å². The van der Waals surface area contributed by atoms with E-state index < -0.39 is 5.60 Å². The van der Waals surface area contributed by atoms with Gasteiger partial charge in [-0.1, -0.05) is 66.7 Å². The summed E-state index contributed by atoms with van der Waals surface area (Å²) in [5.41, 5.74) is 1.91. The molecule has 32 heavy (non-hydrogen) atoms. The molecular weight excluding hydrogens is 402 g/mol. The first kappa shape index (κ1) is 25.2. The van der Waals surface area contributed by atoms with Crippen molar-refractivity contribution >= 4 is 17.6 Å². The Kier molecular flexibility index (Phi) is 9.51. The number of methoxy groups -OCH3 is 1. The third-order valence-corrected chi connectivity index (χ3v) is 5.07. The standard InChI is InChI=1S/C27H35NO4/c1-21(22-15-9-6-10-16-22)28(26(30)32-27(2,3)4)20-14-8-13-19-24(25(29)31-5)23-17-11-7-12-18-23/h6-7,9-12,15-19,21H,8,13-14,20H2,1-5H3/b24-19+. The molecule has 0 aliphatic carbocycles. The highest BCUT2D eigenvalue weighted by molar-refractivity contribution is 6.16. The molecule has 0 fully saturated rings. The van der Waals surface area contributed by atoms with E-state index in [-0.39, 0.29) is 18.1 Å². The molecule has 0 saturated heterocycles. The van der Waals surface area contributed by atoms with Gasteiger partial charge in [0.15, 0.2) is 0 Å². The Morgan fingerprint density at radius 1 is 0.969 bits per heavy atom. The van der Waals surface area contributed by atoms with Crippen molar-refractivity contribution in [2.45, 2.75) is 58.6 Å². The van der Waals surface area contributed by atoms with Crippen LogP contribution in [0.25, 0.3) is 5.57 Å². The van der Waals surface area contributed by atoms with E-state index in [1.54, 1.807) is 4.90 Å². The van der Waals surface area contributed by atoms with Crippen LogP contribution >= 0.6 is 0 Å². The van der Waals surface area contributed by atoms with Crippen LogP contribution in [0.1, 0.15) is 64.1 Å². The molecule has 0 spiro atoms. The minimum Gasteiger partial charge on any atom is -0.465 e. The maximum Gasteiger partial charge on any atom is 0.410 e. The SMILES string of the molecule is COC(=O)/C(=C/CCCCN(C(=O)OC(C)(C)C)C(C)c1ccccc1)c1ccccc1. The van der Waals surface area contributed by atoms with Crippen LogP contribution in [0, 0.1) is 0 Å². The van der Waals surface area contributed by atoms with Gasteiger partial charge in [-0.25, -0.2) is 9.59 Å². The summed E-state index contributed by atoms with van der Waals surface area (Å²) in [5.74, 6) is -0.343. The van der Waals surface area contributed by atoms with Gasteiger partial charge in [-0.2, -0.15) is 0 Å². The number of allylic oxidation sites excluding steroid dienone is 1. The van der Waals surface area contributed by atoms with E-state index in [4.69, 9.17) is 9.47 Å². The average Bonchev–Trinajstić information content (AvgIpc) is 2.77. The Labute approximate surface area is 192 Å². The van der Waals surface area contributed by atoms with Gasteiger partial charge in [-0.3, -0.25) is 0 Å². The molecule has 1 unspecified atom stereocenters. The molecule has 2 rings (SSSR count). The number of ether oxygens (including phenoxy) is 2. The molecule has 1 amide bonds. The van der Waals surface area contributed by atoms with Crippen LogP contribution in [0.3, 0.4) is 0 Å². The van der Waals surface area contributed by atoms with E-state index in [0.717, 1.165) is 24.0 Å². The highest BCUT2D eigenvalue weighted by Gasteiger charge is 2.26. The van der Waals surface area contributed by atoms with Crippen molar-refractivity contribution in [3.8, 4) is 0 Å². The van der Waals surface area contributed by atoms with Crippen LogP contribution in [0.15, 0.2) is 66.7 Å². The fraction of sp³-hybridized carbons (Fsp3) is 0.407. The van der Waals surface area contributed by atoms with Crippen LogP contribution in [0.4, 0.5) is 4.79 Å². The molecule has 0 aromatic heterocycles. The molecule has 0 aliphatic rings. The summed E-state index contributed by atoms with van der Waals surface area (Å²) in [7, 11) is 1.39. The first-order valence-electron chi connectivity index (χ1n) is 11.1. The lowest BCUT2D eigenvalue weighted by Crippen LogP contribution is -2.39. The van der Waals surface area contributed by atoms with Crippen LogP contribution in [0.5, 0.6) is 0 Å². The number of esters is 1. The second kappa shape index (κ2) is 12.1. The van der Waals surface area contributed by atoms with Gasteiger partial charge >= 0.3 is 12.1 Å². The molecule has 5 heteroatoms. The maximum absolute atomic E-state index is 12.9. The first-order chi connectivity index (χ1) is 15.2. The Morgan fingerprint density at radius 2 is 1.56 bits per heavy atom. The second-order valence-corrected chi connectivity index (χ2v) is 8.73. The zero-order valence-corrected chi connectivity index (χ0v) is 19.8. The van der Waals surface area contributed by atoms with Gasteiger partial charge in [0.25, 0.3) is 0 Å². The Bertz CT molecular complexity index is 885. The molecule has 0 N–H and O–H groups in total. The molecule has 172 valence electrons. The van der Waals surface area contributed by atoms with E-state index in [9.17, 15) is 9.59 Å². The largest absolute Gasteiger partial charge is 0.465 e. The van der Waals surface area contributed by atoms with E-state index in [0.29, 0.717) is 18.5 Å². The zero-order valence-electron chi connectivity index (χ0n) is 19.8. The summed E-state index contributed by atoms with van der Waals surface area (Å²) in [6.45, 7) is 8.21. The minimum absolute atomic E-state index is 0.100. The van der Waals surface area contributed by atoms with E-state index in [1.807, 2.05) is 94.4 Å². The number of amides is 1. The van der Waals surface area contributed by atoms with E-state index >= 15 is 0 Å². The number of rotatable bonds is 9. The van der Waals surface area contributed by atoms with Crippen molar-refractivity contribution in [3.05, 3.63) is 77.9 Å². The molecule has 0 saturated carbocycles. The van der Waals surface area contributed by atoms with Gasteiger partial charge in [0.05, 0.1) is 18.7 Å². The van der Waals surface area contributed by atoms with Crippen molar-refractivity contribution in [1.29, 1.82) is 0 Å². The third kappa shape index (κ3) is 7.88. The number of carbonyl (C=O) groups excluding carboxylic acids is 2. The molecule has 0 aliphatic heterocycles. The topological polar surface area (TPSA) is 55.8 Å². The van der Waals surface area contributed by atoms with Gasteiger partial charge in [0.1, 0.15) is 5.60 Å². The molecule has 2 aromatic carbocycles. The predicted octanol–water partition coefficient (Wildman–Crippen LogP) is 6.41. The van der Waals surface area contributed by atoms with E-state index in [2.05, 4.69) is 0 Å². The summed E-state index contributed by atoms with van der Waals surface area (Å²) in [5, 5.41) is 0. The normalized spacial score (nSPS) is 12.7. The minimum atomic E-state index is -0.556. The highest BCUT2D eigenvalue weighted by Crippen LogP contribution is 2.24. The molecule has 0 heterocycles. The molecule has 5 nitrogen and oxygen atoms in total.